The summed E-state index contributed by atoms with van der Waals surface area (Å²) in [4.78, 5) is 38.3. The number of ether oxygens (including phenoxy) is 3. The highest BCUT2D eigenvalue weighted by atomic mass is 16.6. The third kappa shape index (κ3) is 67.8. The molecule has 0 bridgehead atoms. The van der Waals surface area contributed by atoms with Crippen molar-refractivity contribution >= 4 is 17.9 Å². The third-order valence-electron chi connectivity index (χ3n) is 16.0. The highest BCUT2D eigenvalue weighted by Crippen LogP contribution is 2.18. The monoisotopic (exact) mass is 1130 g/mol. The van der Waals surface area contributed by atoms with E-state index in [0.29, 0.717) is 19.3 Å². The van der Waals surface area contributed by atoms with E-state index in [9.17, 15) is 14.4 Å². The molecule has 0 saturated heterocycles. The molecule has 0 amide bonds. The van der Waals surface area contributed by atoms with Crippen LogP contribution < -0.4 is 0 Å². The topological polar surface area (TPSA) is 78.9 Å². The summed E-state index contributed by atoms with van der Waals surface area (Å²) in [5.41, 5.74) is 0. The van der Waals surface area contributed by atoms with Crippen LogP contribution in [0.3, 0.4) is 0 Å². The second-order valence-corrected chi connectivity index (χ2v) is 24.1. The molecule has 0 aromatic rings. The van der Waals surface area contributed by atoms with Crippen molar-refractivity contribution in [3.8, 4) is 0 Å². The first-order chi connectivity index (χ1) is 40.0. The van der Waals surface area contributed by atoms with Gasteiger partial charge in [-0.1, -0.05) is 326 Å². The van der Waals surface area contributed by atoms with Crippen LogP contribution in [0, 0.1) is 0 Å². The number of rotatable bonds is 66. The van der Waals surface area contributed by atoms with Crippen LogP contribution in [0.2, 0.25) is 0 Å². The summed E-state index contributed by atoms with van der Waals surface area (Å²) in [7, 11) is 0. The maximum atomic E-state index is 12.9. The molecule has 0 aliphatic carbocycles. The molecule has 81 heavy (non-hydrogen) atoms. The first kappa shape index (κ1) is 78.1. The quantitative estimate of drug-likeness (QED) is 0.0261. The Hall–Kier alpha value is -2.89. The first-order valence-corrected chi connectivity index (χ1v) is 35.8. The van der Waals surface area contributed by atoms with Crippen LogP contribution in [0.5, 0.6) is 0 Å². The van der Waals surface area contributed by atoms with Crippen LogP contribution in [-0.4, -0.2) is 37.2 Å². The maximum Gasteiger partial charge on any atom is 0.306 e. The molecule has 0 rings (SSSR count). The molecule has 1 atom stereocenters. The van der Waals surface area contributed by atoms with Crippen molar-refractivity contribution in [3.05, 3.63) is 60.8 Å². The molecule has 0 fully saturated rings. The minimum Gasteiger partial charge on any atom is -0.462 e. The Bertz CT molecular complexity index is 1440. The van der Waals surface area contributed by atoms with Gasteiger partial charge in [0, 0.05) is 19.3 Å². The molecular formula is C75H136O6. The number of carbonyl (C=O) groups is 3. The highest BCUT2D eigenvalue weighted by Gasteiger charge is 2.19. The van der Waals surface area contributed by atoms with E-state index >= 15 is 0 Å². The standard InChI is InChI=1S/C75H136O6/c1-4-7-10-13-16-19-22-25-28-29-30-31-32-33-34-35-36-37-38-39-40-41-42-43-44-45-46-47-48-51-53-56-59-62-65-68-74(77)80-71-72(81-75(78)69-66-63-60-57-54-50-27-24-21-18-15-12-9-6-3)70-79-73(76)67-64-61-58-55-52-49-26-23-20-17-14-11-8-5-2/h14-15,17-18,23-24,26-27,29-30,72H,4-13,16,19-22,25,28,31-71H2,1-3H3/b17-14-,18-15-,26-23-,27-24-,30-29-. The Morgan fingerprint density at radius 2 is 0.457 bits per heavy atom. The largest absolute Gasteiger partial charge is 0.462 e. The molecule has 1 unspecified atom stereocenters. The summed E-state index contributed by atoms with van der Waals surface area (Å²) < 4.78 is 16.9. The molecule has 0 N–H and O–H groups in total. The van der Waals surface area contributed by atoms with Crippen molar-refractivity contribution in [2.24, 2.45) is 0 Å². The van der Waals surface area contributed by atoms with Crippen molar-refractivity contribution in [3.63, 3.8) is 0 Å². The molecular weight excluding hydrogens is 997 g/mol. The van der Waals surface area contributed by atoms with Crippen molar-refractivity contribution in [1.82, 2.24) is 0 Å². The van der Waals surface area contributed by atoms with E-state index in [2.05, 4.69) is 81.5 Å². The number of carbonyl (C=O) groups excluding carboxylic acids is 3. The van der Waals surface area contributed by atoms with E-state index in [4.69, 9.17) is 14.2 Å². The highest BCUT2D eigenvalue weighted by molar-refractivity contribution is 5.71. The number of hydrogen-bond acceptors (Lipinski definition) is 6. The van der Waals surface area contributed by atoms with Crippen LogP contribution >= 0.6 is 0 Å². The predicted molar refractivity (Wildman–Crippen MR) is 353 cm³/mol. The van der Waals surface area contributed by atoms with Crippen LogP contribution in [0.15, 0.2) is 60.8 Å². The van der Waals surface area contributed by atoms with Gasteiger partial charge in [0.25, 0.3) is 0 Å². The fraction of sp³-hybridized carbons (Fsp3) is 0.827. The fourth-order valence-corrected chi connectivity index (χ4v) is 10.5. The van der Waals surface area contributed by atoms with E-state index in [1.54, 1.807) is 0 Å². The van der Waals surface area contributed by atoms with Crippen LogP contribution in [-0.2, 0) is 28.6 Å². The molecule has 0 aliphatic heterocycles. The Morgan fingerprint density at radius 3 is 0.728 bits per heavy atom. The lowest BCUT2D eigenvalue weighted by Crippen LogP contribution is -2.30. The van der Waals surface area contributed by atoms with Crippen LogP contribution in [0.1, 0.15) is 380 Å². The van der Waals surface area contributed by atoms with E-state index in [1.165, 1.54) is 238 Å². The average Bonchev–Trinajstić information content (AvgIpc) is 3.47. The number of allylic oxidation sites excluding steroid dienone is 10. The zero-order chi connectivity index (χ0) is 58.5. The summed E-state index contributed by atoms with van der Waals surface area (Å²) in [5.74, 6) is -0.891. The molecule has 0 aromatic carbocycles. The van der Waals surface area contributed by atoms with E-state index < -0.39 is 6.10 Å². The van der Waals surface area contributed by atoms with Gasteiger partial charge in [-0.05, 0) is 96.3 Å². The number of hydrogen-bond donors (Lipinski definition) is 0. The second kappa shape index (κ2) is 69.6. The first-order valence-electron chi connectivity index (χ1n) is 35.8. The lowest BCUT2D eigenvalue weighted by atomic mass is 10.0. The minimum atomic E-state index is -0.787. The fourth-order valence-electron chi connectivity index (χ4n) is 10.5. The number of unbranched alkanes of at least 4 members (excludes halogenated alkanes) is 45. The molecule has 0 radical (unpaired) electrons. The normalized spacial score (nSPS) is 12.4. The summed E-state index contributed by atoms with van der Waals surface area (Å²) in [6.45, 7) is 6.58. The van der Waals surface area contributed by atoms with Crippen LogP contribution in [0.4, 0.5) is 0 Å². The van der Waals surface area contributed by atoms with Crippen molar-refractivity contribution in [2.75, 3.05) is 13.2 Å². The predicted octanol–water partition coefficient (Wildman–Crippen LogP) is 24.7. The summed E-state index contributed by atoms with van der Waals surface area (Å²) >= 11 is 0. The molecule has 0 aromatic heterocycles. The number of esters is 3. The lowest BCUT2D eigenvalue weighted by Gasteiger charge is -2.18. The average molecular weight is 1130 g/mol. The Balaban J connectivity index is 4.07. The molecule has 0 heterocycles. The van der Waals surface area contributed by atoms with Crippen LogP contribution in [0.25, 0.3) is 0 Å². The van der Waals surface area contributed by atoms with E-state index in [0.717, 1.165) is 103 Å². The SMILES string of the molecule is CCCC/C=C\C/C=C\CCCCCCCC(=O)OCC(COC(=O)CCCCCCCCCCCCCCCCCCCCCCCCC/C=C\CCCCCCCCCC)OC(=O)CCCCCCC/C=C\C/C=C\CCCC. The van der Waals surface area contributed by atoms with Gasteiger partial charge in [0.05, 0.1) is 0 Å². The van der Waals surface area contributed by atoms with Gasteiger partial charge in [-0.3, -0.25) is 14.4 Å². The molecule has 0 saturated carbocycles. The van der Waals surface area contributed by atoms with Gasteiger partial charge in [0.2, 0.25) is 0 Å². The Kier molecular flexibility index (Phi) is 67.1. The summed E-state index contributed by atoms with van der Waals surface area (Å²) in [6, 6.07) is 0. The molecule has 6 nitrogen and oxygen atoms in total. The van der Waals surface area contributed by atoms with Gasteiger partial charge in [-0.2, -0.15) is 0 Å². The summed E-state index contributed by atoms with van der Waals surface area (Å²) in [6.07, 6.45) is 89.9. The lowest BCUT2D eigenvalue weighted by molar-refractivity contribution is -0.167. The van der Waals surface area contributed by atoms with E-state index in [1.807, 2.05) is 0 Å². The zero-order valence-corrected chi connectivity index (χ0v) is 54.3. The van der Waals surface area contributed by atoms with Gasteiger partial charge in [0.15, 0.2) is 6.10 Å². The second-order valence-electron chi connectivity index (χ2n) is 24.1. The van der Waals surface area contributed by atoms with Crippen molar-refractivity contribution in [2.45, 2.75) is 386 Å². The summed E-state index contributed by atoms with van der Waals surface area (Å²) in [5, 5.41) is 0. The third-order valence-corrected chi connectivity index (χ3v) is 16.0. The molecule has 0 spiro atoms. The molecule has 472 valence electrons. The molecule has 0 aliphatic rings. The van der Waals surface area contributed by atoms with Gasteiger partial charge in [-0.25, -0.2) is 0 Å². The van der Waals surface area contributed by atoms with Crippen molar-refractivity contribution in [1.29, 1.82) is 0 Å². The van der Waals surface area contributed by atoms with Crippen molar-refractivity contribution < 1.29 is 28.6 Å². The molecule has 6 heteroatoms. The van der Waals surface area contributed by atoms with Gasteiger partial charge in [0.1, 0.15) is 13.2 Å². The Labute approximate surface area is 504 Å². The van der Waals surface area contributed by atoms with Gasteiger partial charge >= 0.3 is 17.9 Å². The van der Waals surface area contributed by atoms with Gasteiger partial charge in [-0.15, -0.1) is 0 Å². The minimum absolute atomic E-state index is 0.0813. The smallest absolute Gasteiger partial charge is 0.306 e. The Morgan fingerprint density at radius 1 is 0.247 bits per heavy atom. The van der Waals surface area contributed by atoms with E-state index in [-0.39, 0.29) is 31.1 Å². The zero-order valence-electron chi connectivity index (χ0n) is 54.3. The maximum absolute atomic E-state index is 12.9. The van der Waals surface area contributed by atoms with Gasteiger partial charge < -0.3 is 14.2 Å².